The van der Waals surface area contributed by atoms with Crippen molar-refractivity contribution in [2.24, 2.45) is 5.34 Å². The van der Waals surface area contributed by atoms with Gasteiger partial charge in [-0.3, -0.25) is 4.79 Å². The molecule has 0 saturated heterocycles. The summed E-state index contributed by atoms with van der Waals surface area (Å²) in [7, 11) is 0. The Balaban J connectivity index is 0.000000354. The molecule has 5 heteroatoms. The van der Waals surface area contributed by atoms with Gasteiger partial charge in [0.25, 0.3) is 0 Å². The summed E-state index contributed by atoms with van der Waals surface area (Å²) in [5.74, 6) is 0. The lowest BCUT2D eigenvalue weighted by Crippen LogP contribution is -1.75. The van der Waals surface area contributed by atoms with E-state index in [2.05, 4.69) is 15.9 Å². The Bertz CT molecular complexity index is 247. The van der Waals surface area contributed by atoms with Crippen LogP contribution in [0, 0.1) is 4.91 Å². The Morgan fingerprint density at radius 3 is 2.08 bits per heavy atom. The molecule has 0 aliphatic heterocycles. The zero-order chi connectivity index (χ0) is 9.40. The molecule has 1 aromatic carbocycles. The highest BCUT2D eigenvalue weighted by atomic mass is 79.9. The average Bonchev–Trinajstić information content (AvgIpc) is 2.07. The first-order valence-electron chi connectivity index (χ1n) is 2.92. The average molecular weight is 232 g/mol. The van der Waals surface area contributed by atoms with Crippen molar-refractivity contribution >= 4 is 22.2 Å². The summed E-state index contributed by atoms with van der Waals surface area (Å²) in [6, 6.07) is 7.20. The van der Waals surface area contributed by atoms with E-state index in [1.54, 1.807) is 12.1 Å². The molecule has 64 valence electrons. The van der Waals surface area contributed by atoms with Gasteiger partial charge in [0.1, 0.15) is 6.29 Å². The fraction of sp³-hybridized carbons (Fsp3) is 0. The van der Waals surface area contributed by atoms with Gasteiger partial charge < -0.3 is 5.21 Å². The molecule has 0 unspecified atom stereocenters. The van der Waals surface area contributed by atoms with E-state index in [1.807, 2.05) is 12.1 Å². The Kier molecular flexibility index (Phi) is 5.81. The molecule has 1 N–H and O–H groups in total. The molecule has 1 rings (SSSR count). The van der Waals surface area contributed by atoms with E-state index < -0.39 is 0 Å². The Labute approximate surface area is 77.3 Å². The lowest BCUT2D eigenvalue weighted by atomic mass is 10.2. The first kappa shape index (κ1) is 10.8. The minimum absolute atomic E-state index is 0.707. The van der Waals surface area contributed by atoms with E-state index >= 15 is 0 Å². The number of hydrogen-bond donors (Lipinski definition) is 1. The van der Waals surface area contributed by atoms with E-state index in [9.17, 15) is 4.79 Å². The third-order valence-electron chi connectivity index (χ3n) is 1.01. The van der Waals surface area contributed by atoms with Crippen LogP contribution >= 0.6 is 15.9 Å². The van der Waals surface area contributed by atoms with Crippen molar-refractivity contribution in [3.8, 4) is 0 Å². The zero-order valence-electron chi connectivity index (χ0n) is 5.98. The third-order valence-corrected chi connectivity index (χ3v) is 1.53. The van der Waals surface area contributed by atoms with Crippen molar-refractivity contribution in [2.45, 2.75) is 0 Å². The molecular weight excluding hydrogens is 226 g/mol. The van der Waals surface area contributed by atoms with Crippen LogP contribution in [0.15, 0.2) is 34.1 Å². The van der Waals surface area contributed by atoms with E-state index in [0.717, 1.165) is 10.8 Å². The van der Waals surface area contributed by atoms with Crippen molar-refractivity contribution < 1.29 is 10.0 Å². The largest absolute Gasteiger partial charge is 0.379 e. The first-order chi connectivity index (χ1) is 5.74. The molecule has 4 nitrogen and oxygen atoms in total. The number of rotatable bonds is 1. The first-order valence-corrected chi connectivity index (χ1v) is 3.71. The monoisotopic (exact) mass is 231 g/mol. The minimum Gasteiger partial charge on any atom is -0.379 e. The standard InChI is InChI=1S/C7H5BrO.HNO2/c8-7-3-1-6(5-9)2-4-7;2-1-3/h1-5H;(H,2,3). The van der Waals surface area contributed by atoms with Crippen LogP contribution in [0.1, 0.15) is 10.4 Å². The molecule has 0 fully saturated rings. The molecule has 0 amide bonds. The molecule has 0 heterocycles. The number of carbonyl (C=O) groups excluding carboxylic acids is 1. The molecule has 12 heavy (non-hydrogen) atoms. The Morgan fingerprint density at radius 1 is 1.33 bits per heavy atom. The molecular formula is C7H6BrNO3. The van der Waals surface area contributed by atoms with Gasteiger partial charge in [0.05, 0.1) is 0 Å². The lowest BCUT2D eigenvalue weighted by Gasteiger charge is -1.87. The topological polar surface area (TPSA) is 66.7 Å². The zero-order valence-corrected chi connectivity index (χ0v) is 7.56. The van der Waals surface area contributed by atoms with Gasteiger partial charge in [-0.25, -0.2) is 0 Å². The van der Waals surface area contributed by atoms with E-state index in [0.29, 0.717) is 5.56 Å². The molecule has 0 aliphatic carbocycles. The van der Waals surface area contributed by atoms with Gasteiger partial charge in [-0.05, 0) is 12.1 Å². The highest BCUT2D eigenvalue weighted by Crippen LogP contribution is 2.08. The van der Waals surface area contributed by atoms with E-state index in [1.165, 1.54) is 5.34 Å². The number of benzene rings is 1. The maximum atomic E-state index is 10.1. The van der Waals surface area contributed by atoms with Crippen LogP contribution < -0.4 is 0 Å². The van der Waals surface area contributed by atoms with Gasteiger partial charge >= 0.3 is 0 Å². The van der Waals surface area contributed by atoms with E-state index in [4.69, 9.17) is 10.1 Å². The summed E-state index contributed by atoms with van der Waals surface area (Å²) in [5.41, 5.74) is 0.707. The number of aldehydes is 1. The molecule has 0 saturated carbocycles. The Hall–Kier alpha value is -1.23. The van der Waals surface area contributed by atoms with Gasteiger partial charge in [0.2, 0.25) is 0 Å². The fourth-order valence-corrected chi connectivity index (χ4v) is 0.806. The maximum absolute atomic E-state index is 10.1. The second kappa shape index (κ2) is 6.48. The highest BCUT2D eigenvalue weighted by molar-refractivity contribution is 9.10. The molecule has 0 aromatic heterocycles. The van der Waals surface area contributed by atoms with Gasteiger partial charge in [-0.15, -0.1) is 4.91 Å². The van der Waals surface area contributed by atoms with E-state index in [-0.39, 0.29) is 0 Å². The van der Waals surface area contributed by atoms with Gasteiger partial charge in [0.15, 0.2) is 5.34 Å². The summed E-state index contributed by atoms with van der Waals surface area (Å²) in [4.78, 5) is 18.2. The molecule has 0 spiro atoms. The number of nitrogens with zero attached hydrogens (tertiary/aromatic N) is 1. The quantitative estimate of drug-likeness (QED) is 0.459. The van der Waals surface area contributed by atoms with Crippen molar-refractivity contribution in [3.63, 3.8) is 0 Å². The Morgan fingerprint density at radius 2 is 1.75 bits per heavy atom. The number of hydrogen-bond acceptors (Lipinski definition) is 3. The highest BCUT2D eigenvalue weighted by Gasteiger charge is 1.86. The van der Waals surface area contributed by atoms with Crippen LogP contribution in [0.3, 0.4) is 0 Å². The molecule has 0 atom stereocenters. The van der Waals surface area contributed by atoms with Crippen LogP contribution in [0.4, 0.5) is 0 Å². The van der Waals surface area contributed by atoms with Crippen molar-refractivity contribution in [3.05, 3.63) is 39.2 Å². The third kappa shape index (κ3) is 4.56. The summed E-state index contributed by atoms with van der Waals surface area (Å²) < 4.78 is 0.994. The van der Waals surface area contributed by atoms with Crippen molar-refractivity contribution in [2.75, 3.05) is 0 Å². The molecule has 0 bridgehead atoms. The van der Waals surface area contributed by atoms with Gasteiger partial charge in [-0.1, -0.05) is 28.1 Å². The minimum atomic E-state index is 0.707. The summed E-state index contributed by atoms with van der Waals surface area (Å²) >= 11 is 3.26. The smallest absolute Gasteiger partial charge is 0.152 e. The van der Waals surface area contributed by atoms with Crippen LogP contribution in [0.5, 0.6) is 0 Å². The number of carbonyl (C=O) groups is 1. The fourth-order valence-electron chi connectivity index (χ4n) is 0.541. The van der Waals surface area contributed by atoms with Gasteiger partial charge in [0, 0.05) is 10.0 Å². The van der Waals surface area contributed by atoms with Crippen molar-refractivity contribution in [1.82, 2.24) is 0 Å². The normalized spacial score (nSPS) is 7.75. The molecule has 0 aliphatic rings. The molecule has 1 aromatic rings. The maximum Gasteiger partial charge on any atom is 0.152 e. The summed E-state index contributed by atoms with van der Waals surface area (Å²) in [5, 5.41) is 7.89. The van der Waals surface area contributed by atoms with Crippen LogP contribution in [0.2, 0.25) is 0 Å². The molecule has 0 radical (unpaired) electrons. The predicted molar refractivity (Wildman–Crippen MR) is 47.1 cm³/mol. The van der Waals surface area contributed by atoms with Crippen LogP contribution in [0.25, 0.3) is 0 Å². The number of halogens is 1. The SMILES string of the molecule is O=Cc1ccc(Br)cc1.O=NO. The van der Waals surface area contributed by atoms with Crippen LogP contribution in [-0.2, 0) is 0 Å². The second-order valence-corrected chi connectivity index (χ2v) is 2.67. The van der Waals surface area contributed by atoms with Crippen LogP contribution in [-0.4, -0.2) is 11.5 Å². The lowest BCUT2D eigenvalue weighted by molar-refractivity contribution is 0.112. The second-order valence-electron chi connectivity index (χ2n) is 1.75. The summed E-state index contributed by atoms with van der Waals surface area (Å²) in [6.07, 6.45) is 0.826. The van der Waals surface area contributed by atoms with Crippen molar-refractivity contribution in [1.29, 1.82) is 0 Å². The predicted octanol–water partition coefficient (Wildman–Crippen LogP) is 2.40. The summed E-state index contributed by atoms with van der Waals surface area (Å²) in [6.45, 7) is 0. The van der Waals surface area contributed by atoms with Gasteiger partial charge in [-0.2, -0.15) is 0 Å².